The fourth-order valence-electron chi connectivity index (χ4n) is 3.34. The van der Waals surface area contributed by atoms with Crippen molar-refractivity contribution in [3.05, 3.63) is 120 Å². The van der Waals surface area contributed by atoms with Gasteiger partial charge in [0.05, 0.1) is 0 Å². The van der Waals surface area contributed by atoms with Crippen LogP contribution in [0.5, 0.6) is 11.5 Å². The van der Waals surface area contributed by atoms with E-state index in [0.717, 1.165) is 34.3 Å². The van der Waals surface area contributed by atoms with E-state index in [0.29, 0.717) is 6.42 Å². The van der Waals surface area contributed by atoms with Crippen LogP contribution in [0.15, 0.2) is 103 Å². The van der Waals surface area contributed by atoms with Crippen molar-refractivity contribution in [3.63, 3.8) is 0 Å². The third-order valence-electron chi connectivity index (χ3n) is 4.77. The molecule has 4 rings (SSSR count). The number of phenolic OH excluding ortho intramolecular Hbond substituents is 2. The van der Waals surface area contributed by atoms with Gasteiger partial charge in [-0.25, -0.2) is 0 Å². The van der Waals surface area contributed by atoms with Crippen molar-refractivity contribution in [3.8, 4) is 11.5 Å². The Hall–Kier alpha value is -3.04. The molecule has 4 aromatic carbocycles. The summed E-state index contributed by atoms with van der Waals surface area (Å²) in [5.41, 5.74) is 5.26. The molecule has 0 spiro atoms. The number of aliphatic hydroxyl groups excluding tert-OH is 1. The SMILES string of the molecule is OCCCC(=C(c1ccc(O)cc1)c1ccc(O)cc1)[c-]1cccc1.[Fe].[cH-]1[cH-][cH-][cH-][cH-]1. The van der Waals surface area contributed by atoms with E-state index in [-0.39, 0.29) is 35.2 Å². The van der Waals surface area contributed by atoms with Crippen molar-refractivity contribution in [2.45, 2.75) is 12.8 Å². The molecule has 0 saturated carbocycles. The number of hydrogen-bond acceptors (Lipinski definition) is 3. The van der Waals surface area contributed by atoms with Crippen LogP contribution in [0.1, 0.15) is 29.5 Å². The molecule has 166 valence electrons. The van der Waals surface area contributed by atoms with E-state index in [4.69, 9.17) is 0 Å². The molecular formula is C27H26FeO3-6. The quantitative estimate of drug-likeness (QED) is 0.249. The Labute approximate surface area is 194 Å². The van der Waals surface area contributed by atoms with Gasteiger partial charge in [0.25, 0.3) is 0 Å². The van der Waals surface area contributed by atoms with Crippen LogP contribution in [-0.4, -0.2) is 21.9 Å². The maximum atomic E-state index is 9.63. The Morgan fingerprint density at radius 3 is 1.52 bits per heavy atom. The van der Waals surface area contributed by atoms with Crippen LogP contribution in [0, 0.1) is 0 Å². The first-order valence-corrected chi connectivity index (χ1v) is 10.0. The van der Waals surface area contributed by atoms with Gasteiger partial charge in [0, 0.05) is 23.7 Å². The van der Waals surface area contributed by atoms with Gasteiger partial charge in [-0.15, -0.1) is 23.3 Å². The average Bonchev–Trinajstić information content (AvgIpc) is 3.50. The smallest absolute Gasteiger partial charge is 0.115 e. The van der Waals surface area contributed by atoms with E-state index >= 15 is 0 Å². The van der Waals surface area contributed by atoms with Crippen LogP contribution >= 0.6 is 0 Å². The van der Waals surface area contributed by atoms with Gasteiger partial charge in [-0.2, -0.15) is 12.1 Å². The summed E-state index contributed by atoms with van der Waals surface area (Å²) < 4.78 is 0. The summed E-state index contributed by atoms with van der Waals surface area (Å²) in [5, 5.41) is 28.6. The molecule has 3 nitrogen and oxygen atoms in total. The van der Waals surface area contributed by atoms with Crippen molar-refractivity contribution in [2.75, 3.05) is 6.61 Å². The molecule has 0 radical (unpaired) electrons. The van der Waals surface area contributed by atoms with Gasteiger partial charge in [0.1, 0.15) is 11.5 Å². The van der Waals surface area contributed by atoms with Gasteiger partial charge in [0.2, 0.25) is 0 Å². The molecule has 0 atom stereocenters. The van der Waals surface area contributed by atoms with E-state index in [2.05, 4.69) is 12.1 Å². The van der Waals surface area contributed by atoms with Gasteiger partial charge in [-0.1, -0.05) is 41.0 Å². The number of rotatable bonds is 6. The predicted octanol–water partition coefficient (Wildman–Crippen LogP) is 5.95. The molecule has 0 aromatic heterocycles. The molecule has 0 heterocycles. The zero-order valence-electron chi connectivity index (χ0n) is 17.1. The summed E-state index contributed by atoms with van der Waals surface area (Å²) in [4.78, 5) is 0. The van der Waals surface area contributed by atoms with Crippen LogP contribution in [0.2, 0.25) is 0 Å². The van der Waals surface area contributed by atoms with Crippen LogP contribution in [0.4, 0.5) is 0 Å². The number of hydrogen-bond donors (Lipinski definition) is 3. The minimum Gasteiger partial charge on any atom is -0.748 e. The molecule has 0 fully saturated rings. The Bertz CT molecular complexity index is 949. The Balaban J connectivity index is 0.000000501. The second-order valence-corrected chi connectivity index (χ2v) is 6.91. The van der Waals surface area contributed by atoms with Crippen LogP contribution in [-0.2, 0) is 17.1 Å². The third-order valence-corrected chi connectivity index (χ3v) is 4.77. The third kappa shape index (κ3) is 7.01. The van der Waals surface area contributed by atoms with Gasteiger partial charge >= 0.3 is 0 Å². The zero-order valence-corrected chi connectivity index (χ0v) is 18.2. The van der Waals surface area contributed by atoms with E-state index < -0.39 is 0 Å². The molecule has 0 saturated heterocycles. The molecule has 0 aliphatic carbocycles. The number of aromatic hydroxyl groups is 2. The van der Waals surface area contributed by atoms with Gasteiger partial charge < -0.3 is 45.7 Å². The molecular weight excluding hydrogens is 428 g/mol. The summed E-state index contributed by atoms with van der Waals surface area (Å²) in [5.74, 6) is 0.443. The molecule has 4 heteroatoms. The Kier molecular flexibility index (Phi) is 9.86. The first-order chi connectivity index (χ1) is 14.7. The molecule has 31 heavy (non-hydrogen) atoms. The number of phenols is 2. The molecule has 0 unspecified atom stereocenters. The minimum absolute atomic E-state index is 0. The largest absolute Gasteiger partial charge is 0.748 e. The summed E-state index contributed by atoms with van der Waals surface area (Å²) in [6.45, 7) is 0.128. The molecule has 3 N–H and O–H groups in total. The average molecular weight is 454 g/mol. The minimum atomic E-state index is 0. The Morgan fingerprint density at radius 1 is 0.710 bits per heavy atom. The normalized spacial score (nSPS) is 9.84. The standard InChI is InChI=1S/C22H21O3.C5H5.Fe/c23-15-3-6-21(16-4-1-2-5-16)22(17-7-11-19(24)12-8-17)18-9-13-20(25)14-10-18;1-2-4-5-3-1;/h1-2,4-5,7-14,23-25H,3,6,15H2;1-5H;/q-1;-5;. The second-order valence-electron chi connectivity index (χ2n) is 6.91. The summed E-state index contributed by atoms with van der Waals surface area (Å²) in [6, 6.07) is 32.4. The van der Waals surface area contributed by atoms with Crippen molar-refractivity contribution in [2.24, 2.45) is 0 Å². The Morgan fingerprint density at radius 2 is 1.13 bits per heavy atom. The van der Waals surface area contributed by atoms with E-state index in [1.165, 1.54) is 0 Å². The van der Waals surface area contributed by atoms with Crippen LogP contribution in [0.3, 0.4) is 0 Å². The van der Waals surface area contributed by atoms with Crippen molar-refractivity contribution in [1.82, 2.24) is 0 Å². The molecule has 0 amide bonds. The van der Waals surface area contributed by atoms with Crippen molar-refractivity contribution < 1.29 is 32.4 Å². The zero-order chi connectivity index (χ0) is 21.2. The molecule has 0 aliphatic rings. The number of benzene rings is 2. The topological polar surface area (TPSA) is 60.7 Å². The van der Waals surface area contributed by atoms with Gasteiger partial charge in [-0.3, -0.25) is 0 Å². The van der Waals surface area contributed by atoms with Gasteiger partial charge in [-0.05, 0) is 37.1 Å². The van der Waals surface area contributed by atoms with Crippen LogP contribution < -0.4 is 0 Å². The maximum absolute atomic E-state index is 9.63. The summed E-state index contributed by atoms with van der Waals surface area (Å²) >= 11 is 0. The molecule has 0 bridgehead atoms. The maximum Gasteiger partial charge on any atom is 0.115 e. The van der Waals surface area contributed by atoms with Crippen molar-refractivity contribution in [1.29, 1.82) is 0 Å². The fraction of sp³-hybridized carbons (Fsp3) is 0.111. The van der Waals surface area contributed by atoms with Crippen LogP contribution in [0.25, 0.3) is 11.1 Å². The summed E-state index contributed by atoms with van der Waals surface area (Å²) in [6.07, 6.45) is 1.40. The van der Waals surface area contributed by atoms with Gasteiger partial charge in [0.15, 0.2) is 0 Å². The number of allylic oxidation sites excluding steroid dienone is 1. The monoisotopic (exact) mass is 454 g/mol. The summed E-state index contributed by atoms with van der Waals surface area (Å²) in [7, 11) is 0. The fourth-order valence-corrected chi connectivity index (χ4v) is 3.34. The van der Waals surface area contributed by atoms with Crippen molar-refractivity contribution >= 4 is 11.1 Å². The second kappa shape index (κ2) is 12.6. The number of aliphatic hydroxyl groups is 1. The predicted molar refractivity (Wildman–Crippen MR) is 123 cm³/mol. The first-order valence-electron chi connectivity index (χ1n) is 10.0. The van der Waals surface area contributed by atoms with E-state index in [1.54, 1.807) is 24.3 Å². The van der Waals surface area contributed by atoms with E-state index in [1.807, 2.05) is 66.7 Å². The molecule has 0 aliphatic heterocycles. The molecule has 4 aromatic rings. The van der Waals surface area contributed by atoms with E-state index in [9.17, 15) is 15.3 Å². The first kappa shape index (κ1) is 24.2.